The number of hydrazone groups is 1. The molecule has 1 saturated heterocycles. The molecule has 2 aromatic carbocycles. The van der Waals surface area contributed by atoms with Crippen molar-refractivity contribution in [1.82, 2.24) is 5.32 Å². The predicted molar refractivity (Wildman–Crippen MR) is 124 cm³/mol. The number of hydrogen-bond acceptors (Lipinski definition) is 6. The maximum absolute atomic E-state index is 13.1. The lowest BCUT2D eigenvalue weighted by atomic mass is 9.98. The Morgan fingerprint density at radius 3 is 2.30 bits per heavy atom. The summed E-state index contributed by atoms with van der Waals surface area (Å²) in [5.74, 6) is -2.40. The molecule has 0 aliphatic carbocycles. The first-order valence-electron chi connectivity index (χ1n) is 9.99. The topological polar surface area (TPSA) is 108 Å². The van der Waals surface area contributed by atoms with E-state index in [4.69, 9.17) is 4.74 Å². The summed E-state index contributed by atoms with van der Waals surface area (Å²) in [7, 11) is 0. The molecular weight excluding hydrogens is 448 g/mol. The predicted octanol–water partition coefficient (Wildman–Crippen LogP) is 3.06. The number of imide groups is 2. The van der Waals surface area contributed by atoms with E-state index < -0.39 is 29.7 Å². The van der Waals surface area contributed by atoms with E-state index in [2.05, 4.69) is 10.4 Å². The number of rotatable bonds is 5. The van der Waals surface area contributed by atoms with Gasteiger partial charge in [-0.15, -0.1) is 12.4 Å². The largest absolute Gasteiger partial charge is 0.494 e. The van der Waals surface area contributed by atoms with Gasteiger partial charge in [0.2, 0.25) is 0 Å². The van der Waals surface area contributed by atoms with Crippen LogP contribution in [0.3, 0.4) is 0 Å². The zero-order valence-corrected chi connectivity index (χ0v) is 18.7. The standard InChI is InChI=1S/C23H20N4O5.ClH/c1-3-32-17-11-9-15(10-12-17)26-21(29)19(20(28)24-23(26)31)13-18-14(2)25-27(22(18)30)16-7-5-4-6-8-16;/h4-13,18H,3H2,1-2H3,(H,24,28,31);1H/b19-13-;. The maximum Gasteiger partial charge on any atom is 0.335 e. The number of amides is 5. The molecule has 10 heteroatoms. The smallest absolute Gasteiger partial charge is 0.335 e. The van der Waals surface area contributed by atoms with Gasteiger partial charge in [0.15, 0.2) is 0 Å². The minimum Gasteiger partial charge on any atom is -0.494 e. The van der Waals surface area contributed by atoms with Crippen molar-refractivity contribution in [2.75, 3.05) is 16.5 Å². The van der Waals surface area contributed by atoms with E-state index in [1.54, 1.807) is 55.5 Å². The molecule has 1 atom stereocenters. The van der Waals surface area contributed by atoms with Gasteiger partial charge in [0.1, 0.15) is 11.3 Å². The summed E-state index contributed by atoms with van der Waals surface area (Å²) >= 11 is 0. The number of barbiturate groups is 1. The molecule has 0 bridgehead atoms. The van der Waals surface area contributed by atoms with Gasteiger partial charge < -0.3 is 4.74 Å². The number of anilines is 2. The van der Waals surface area contributed by atoms with Crippen LogP contribution in [0.2, 0.25) is 0 Å². The molecule has 0 radical (unpaired) electrons. The number of nitrogens with one attached hydrogen (secondary N) is 1. The molecule has 2 aromatic rings. The Kier molecular flexibility index (Phi) is 6.93. The molecule has 1 fully saturated rings. The highest BCUT2D eigenvalue weighted by molar-refractivity contribution is 6.38. The lowest BCUT2D eigenvalue weighted by molar-refractivity contribution is -0.122. The van der Waals surface area contributed by atoms with Gasteiger partial charge in [-0.05, 0) is 56.3 Å². The molecule has 33 heavy (non-hydrogen) atoms. The van der Waals surface area contributed by atoms with Crippen molar-refractivity contribution < 1.29 is 23.9 Å². The van der Waals surface area contributed by atoms with E-state index in [1.165, 1.54) is 11.1 Å². The fourth-order valence-electron chi connectivity index (χ4n) is 3.46. The average molecular weight is 469 g/mol. The fraction of sp³-hybridized carbons (Fsp3) is 0.174. The molecule has 9 nitrogen and oxygen atoms in total. The third kappa shape index (κ3) is 4.49. The van der Waals surface area contributed by atoms with Gasteiger partial charge in [-0.1, -0.05) is 18.2 Å². The van der Waals surface area contributed by atoms with Gasteiger partial charge >= 0.3 is 6.03 Å². The highest BCUT2D eigenvalue weighted by atomic mass is 35.5. The molecule has 4 rings (SSSR count). The number of carbonyl (C=O) groups is 4. The van der Waals surface area contributed by atoms with Gasteiger partial charge in [-0.25, -0.2) is 9.69 Å². The molecule has 5 amide bonds. The summed E-state index contributed by atoms with van der Waals surface area (Å²) in [6.45, 7) is 3.95. The van der Waals surface area contributed by atoms with Gasteiger partial charge in [-0.2, -0.15) is 10.1 Å². The summed E-state index contributed by atoms with van der Waals surface area (Å²) in [5.41, 5.74) is 0.963. The third-order valence-corrected chi connectivity index (χ3v) is 5.02. The van der Waals surface area contributed by atoms with Crippen LogP contribution in [0.4, 0.5) is 16.2 Å². The van der Waals surface area contributed by atoms with Crippen molar-refractivity contribution in [3.8, 4) is 5.75 Å². The molecule has 1 unspecified atom stereocenters. The number of benzene rings is 2. The zero-order valence-electron chi connectivity index (χ0n) is 17.8. The lowest BCUT2D eigenvalue weighted by Gasteiger charge is -2.26. The molecule has 2 aliphatic heterocycles. The van der Waals surface area contributed by atoms with Crippen molar-refractivity contribution in [1.29, 1.82) is 0 Å². The minimum atomic E-state index is -0.907. The Morgan fingerprint density at radius 1 is 1.00 bits per heavy atom. The summed E-state index contributed by atoms with van der Waals surface area (Å²) in [4.78, 5) is 51.7. The average Bonchev–Trinajstić information content (AvgIpc) is 3.06. The second-order valence-electron chi connectivity index (χ2n) is 7.11. The van der Waals surface area contributed by atoms with Gasteiger partial charge in [0.25, 0.3) is 17.7 Å². The van der Waals surface area contributed by atoms with E-state index in [0.29, 0.717) is 23.8 Å². The van der Waals surface area contributed by atoms with Crippen molar-refractivity contribution in [3.63, 3.8) is 0 Å². The van der Waals surface area contributed by atoms with E-state index in [0.717, 1.165) is 4.90 Å². The van der Waals surface area contributed by atoms with Gasteiger partial charge in [0.05, 0.1) is 29.6 Å². The summed E-state index contributed by atoms with van der Waals surface area (Å²) < 4.78 is 5.37. The van der Waals surface area contributed by atoms with Crippen molar-refractivity contribution in [3.05, 3.63) is 66.2 Å². The first-order valence-corrected chi connectivity index (χ1v) is 9.99. The van der Waals surface area contributed by atoms with Crippen LogP contribution in [0, 0.1) is 5.92 Å². The van der Waals surface area contributed by atoms with Crippen LogP contribution >= 0.6 is 12.4 Å². The second kappa shape index (κ2) is 9.66. The Labute approximate surface area is 196 Å². The van der Waals surface area contributed by atoms with Gasteiger partial charge in [-0.3, -0.25) is 19.7 Å². The Morgan fingerprint density at radius 2 is 1.67 bits per heavy atom. The Hall–Kier alpha value is -3.98. The van der Waals surface area contributed by atoms with Crippen LogP contribution in [0.5, 0.6) is 5.75 Å². The minimum absolute atomic E-state index is 0. The first kappa shape index (κ1) is 23.7. The van der Waals surface area contributed by atoms with Crippen LogP contribution in [-0.2, 0) is 14.4 Å². The van der Waals surface area contributed by atoms with Crippen LogP contribution in [0.15, 0.2) is 71.3 Å². The molecule has 0 aromatic heterocycles. The number of ether oxygens (including phenoxy) is 1. The van der Waals surface area contributed by atoms with E-state index >= 15 is 0 Å². The zero-order chi connectivity index (χ0) is 22.8. The first-order chi connectivity index (χ1) is 15.4. The maximum atomic E-state index is 13.1. The fourth-order valence-corrected chi connectivity index (χ4v) is 3.46. The molecular formula is C23H21ClN4O5. The molecule has 1 N–H and O–H groups in total. The quantitative estimate of drug-likeness (QED) is 0.536. The van der Waals surface area contributed by atoms with Gasteiger partial charge in [0, 0.05) is 0 Å². The summed E-state index contributed by atoms with van der Waals surface area (Å²) in [5, 5.41) is 7.67. The van der Waals surface area contributed by atoms with Crippen molar-refractivity contribution in [2.45, 2.75) is 13.8 Å². The van der Waals surface area contributed by atoms with Crippen LogP contribution in [0.25, 0.3) is 0 Å². The normalized spacial score (nSPS) is 19.4. The van der Waals surface area contributed by atoms with Crippen LogP contribution in [0.1, 0.15) is 13.8 Å². The number of urea groups is 1. The van der Waals surface area contributed by atoms with Crippen molar-refractivity contribution in [2.24, 2.45) is 11.0 Å². The van der Waals surface area contributed by atoms with Crippen LogP contribution in [-0.4, -0.2) is 36.1 Å². The second-order valence-corrected chi connectivity index (χ2v) is 7.11. The number of para-hydroxylation sites is 1. The Bertz CT molecular complexity index is 1160. The SMILES string of the molecule is CCOc1ccc(N2C(=O)NC(=O)/C(=C/C3C(=O)N(c4ccccc4)N=C3C)C2=O)cc1.Cl. The highest BCUT2D eigenvalue weighted by Gasteiger charge is 2.40. The van der Waals surface area contributed by atoms with Crippen molar-refractivity contribution >= 4 is 53.2 Å². The van der Waals surface area contributed by atoms with E-state index in [1.807, 2.05) is 13.0 Å². The molecule has 2 aliphatic rings. The number of halogens is 1. The highest BCUT2D eigenvalue weighted by Crippen LogP contribution is 2.28. The number of hydrogen-bond donors (Lipinski definition) is 1. The third-order valence-electron chi connectivity index (χ3n) is 5.02. The lowest BCUT2D eigenvalue weighted by Crippen LogP contribution is -2.54. The Balaban J connectivity index is 0.00000306. The summed E-state index contributed by atoms with van der Waals surface area (Å²) in [6, 6.07) is 14.3. The molecule has 2 heterocycles. The number of nitrogens with zero attached hydrogens (tertiary/aromatic N) is 3. The molecule has 0 spiro atoms. The van der Waals surface area contributed by atoms with E-state index in [-0.39, 0.29) is 23.7 Å². The number of carbonyl (C=O) groups excluding carboxylic acids is 4. The summed E-state index contributed by atoms with van der Waals surface area (Å²) in [6.07, 6.45) is 1.26. The molecule has 0 saturated carbocycles. The molecule has 170 valence electrons. The van der Waals surface area contributed by atoms with Crippen LogP contribution < -0.4 is 20.0 Å². The monoisotopic (exact) mass is 468 g/mol. The van der Waals surface area contributed by atoms with E-state index in [9.17, 15) is 19.2 Å².